The Hall–Kier alpha value is -1.42. The summed E-state index contributed by atoms with van der Waals surface area (Å²) < 4.78 is 0. The molecule has 0 unspecified atom stereocenters. The number of nitrogens with one attached hydrogen (secondary N) is 1. The summed E-state index contributed by atoms with van der Waals surface area (Å²) in [6.45, 7) is 3.18. The van der Waals surface area contributed by atoms with Crippen LogP contribution >= 0.6 is 0 Å². The highest BCUT2D eigenvalue weighted by Crippen LogP contribution is 2.48. The summed E-state index contributed by atoms with van der Waals surface area (Å²) in [5, 5.41) is 24.2. The number of unbranched alkanes of at least 4 members (excludes halogenated alkanes) is 2. The van der Waals surface area contributed by atoms with Gasteiger partial charge in [0, 0.05) is 12.3 Å². The number of aryl methyl sites for hydroxylation is 1. The summed E-state index contributed by atoms with van der Waals surface area (Å²) in [6, 6.07) is 8.30. The second-order valence-electron chi connectivity index (χ2n) is 8.80. The lowest BCUT2D eigenvalue weighted by molar-refractivity contribution is 0.140. The van der Waals surface area contributed by atoms with Crippen LogP contribution in [0.3, 0.4) is 0 Å². The fraction of sp³-hybridized carbons (Fsp3) is 0.600. The monoisotopic (exact) mass is 383 g/mol. The molecule has 2 aliphatic carbocycles. The van der Waals surface area contributed by atoms with E-state index in [4.69, 9.17) is 0 Å². The summed E-state index contributed by atoms with van der Waals surface area (Å²) in [5.74, 6) is 1.21. The van der Waals surface area contributed by atoms with Crippen LogP contribution in [-0.2, 0) is 6.42 Å². The molecule has 0 heterocycles. The van der Waals surface area contributed by atoms with E-state index in [9.17, 15) is 10.2 Å². The number of allylic oxidation sites excluding steroid dienone is 2. The molecule has 1 fully saturated rings. The second-order valence-corrected chi connectivity index (χ2v) is 8.80. The van der Waals surface area contributed by atoms with Gasteiger partial charge in [-0.2, -0.15) is 0 Å². The number of aliphatic hydroxyl groups excluding tert-OH is 2. The molecule has 0 aromatic heterocycles. The molecule has 28 heavy (non-hydrogen) atoms. The van der Waals surface area contributed by atoms with Crippen molar-refractivity contribution in [2.75, 3.05) is 13.6 Å². The second kappa shape index (κ2) is 10.4. The summed E-state index contributed by atoms with van der Waals surface area (Å²) in [7, 11) is 2.01. The number of aliphatic hydroxyl groups is 2. The highest BCUT2D eigenvalue weighted by molar-refractivity contribution is 5.24. The number of hydrogen-bond acceptors (Lipinski definition) is 3. The number of rotatable bonds is 10. The SMILES string of the molecule is CNCCCCCC1=C[C@H]2C[C@@H](O)[C@H](/C=C/[C@H](O)Cc3cccc(C)c3)[C@H]2C1. The van der Waals surface area contributed by atoms with E-state index in [1.165, 1.54) is 31.2 Å². The normalized spacial score (nSPS) is 27.9. The van der Waals surface area contributed by atoms with E-state index >= 15 is 0 Å². The first-order valence-corrected chi connectivity index (χ1v) is 11.0. The van der Waals surface area contributed by atoms with Crippen molar-refractivity contribution in [3.05, 3.63) is 59.2 Å². The molecule has 0 aliphatic heterocycles. The zero-order valence-electron chi connectivity index (χ0n) is 17.5. The highest BCUT2D eigenvalue weighted by atomic mass is 16.3. The van der Waals surface area contributed by atoms with Crippen LogP contribution < -0.4 is 5.32 Å². The Labute approximate surface area is 170 Å². The van der Waals surface area contributed by atoms with E-state index in [1.54, 1.807) is 5.57 Å². The fourth-order valence-electron chi connectivity index (χ4n) is 5.03. The highest BCUT2D eigenvalue weighted by Gasteiger charge is 2.43. The number of fused-ring (bicyclic) bond motifs is 1. The average Bonchev–Trinajstić information content (AvgIpc) is 3.16. The zero-order valence-corrected chi connectivity index (χ0v) is 17.5. The first kappa shape index (κ1) is 21.3. The predicted molar refractivity (Wildman–Crippen MR) is 116 cm³/mol. The van der Waals surface area contributed by atoms with Gasteiger partial charge in [0.2, 0.25) is 0 Å². The molecule has 1 aromatic carbocycles. The molecule has 1 saturated carbocycles. The van der Waals surface area contributed by atoms with Gasteiger partial charge in [0.15, 0.2) is 0 Å². The molecule has 1 aromatic rings. The lowest BCUT2D eigenvalue weighted by Gasteiger charge is -2.19. The number of hydrogen-bond donors (Lipinski definition) is 3. The minimum absolute atomic E-state index is 0.176. The van der Waals surface area contributed by atoms with E-state index in [0.717, 1.165) is 24.9 Å². The van der Waals surface area contributed by atoms with Gasteiger partial charge in [-0.1, -0.05) is 60.1 Å². The van der Waals surface area contributed by atoms with Gasteiger partial charge in [-0.05, 0) is 70.0 Å². The van der Waals surface area contributed by atoms with E-state index < -0.39 is 6.10 Å². The van der Waals surface area contributed by atoms with E-state index in [-0.39, 0.29) is 12.0 Å². The van der Waals surface area contributed by atoms with E-state index in [0.29, 0.717) is 18.3 Å². The topological polar surface area (TPSA) is 52.5 Å². The van der Waals surface area contributed by atoms with Crippen molar-refractivity contribution in [3.8, 4) is 0 Å². The Morgan fingerprint density at radius 1 is 1.25 bits per heavy atom. The number of benzene rings is 1. The molecule has 0 radical (unpaired) electrons. The van der Waals surface area contributed by atoms with Crippen LogP contribution in [0.4, 0.5) is 0 Å². The van der Waals surface area contributed by atoms with Crippen molar-refractivity contribution in [1.82, 2.24) is 5.32 Å². The van der Waals surface area contributed by atoms with Gasteiger partial charge in [0.1, 0.15) is 0 Å². The average molecular weight is 384 g/mol. The first-order valence-electron chi connectivity index (χ1n) is 11.0. The Morgan fingerprint density at radius 2 is 2.11 bits per heavy atom. The van der Waals surface area contributed by atoms with Gasteiger partial charge in [-0.15, -0.1) is 0 Å². The third kappa shape index (κ3) is 5.79. The molecule has 3 rings (SSSR count). The van der Waals surface area contributed by atoms with Crippen LogP contribution in [0.25, 0.3) is 0 Å². The molecule has 5 atom stereocenters. The van der Waals surface area contributed by atoms with Crippen LogP contribution in [0.15, 0.2) is 48.1 Å². The lowest BCUT2D eigenvalue weighted by Crippen LogP contribution is -2.18. The van der Waals surface area contributed by atoms with Crippen LogP contribution in [0.1, 0.15) is 49.7 Å². The Bertz CT molecular complexity index is 681. The molecule has 3 heteroatoms. The van der Waals surface area contributed by atoms with Crippen molar-refractivity contribution in [2.24, 2.45) is 17.8 Å². The third-order valence-corrected chi connectivity index (χ3v) is 6.46. The molecule has 154 valence electrons. The quantitative estimate of drug-likeness (QED) is 0.420. The van der Waals surface area contributed by atoms with Crippen molar-refractivity contribution in [3.63, 3.8) is 0 Å². The van der Waals surface area contributed by atoms with Crippen molar-refractivity contribution < 1.29 is 10.2 Å². The smallest absolute Gasteiger partial charge is 0.0761 e. The molecular formula is C25H37NO2. The maximum Gasteiger partial charge on any atom is 0.0761 e. The van der Waals surface area contributed by atoms with Crippen LogP contribution in [0.5, 0.6) is 0 Å². The van der Waals surface area contributed by atoms with Gasteiger partial charge < -0.3 is 15.5 Å². The molecule has 0 amide bonds. The van der Waals surface area contributed by atoms with Gasteiger partial charge >= 0.3 is 0 Å². The lowest BCUT2D eigenvalue weighted by atomic mass is 9.88. The Balaban J connectivity index is 1.49. The van der Waals surface area contributed by atoms with Crippen molar-refractivity contribution >= 4 is 0 Å². The predicted octanol–water partition coefficient (Wildman–Crippen LogP) is 4.18. The fourth-order valence-corrected chi connectivity index (χ4v) is 5.03. The molecular weight excluding hydrogens is 346 g/mol. The van der Waals surface area contributed by atoms with Crippen LogP contribution in [-0.4, -0.2) is 36.0 Å². The minimum atomic E-state index is -0.492. The van der Waals surface area contributed by atoms with Crippen molar-refractivity contribution in [2.45, 2.75) is 64.1 Å². The van der Waals surface area contributed by atoms with Gasteiger partial charge in [0.25, 0.3) is 0 Å². The van der Waals surface area contributed by atoms with Gasteiger partial charge in [-0.3, -0.25) is 0 Å². The molecule has 2 aliphatic rings. The summed E-state index contributed by atoms with van der Waals surface area (Å²) in [5.41, 5.74) is 3.97. The minimum Gasteiger partial charge on any atom is -0.392 e. The standard InChI is InChI=1S/C25H37NO2/c1-18-7-6-9-19(13-18)15-22(27)10-11-23-24-16-20(8-4-3-5-12-26-2)14-21(24)17-25(23)28/h6-7,9-11,13-14,21-28H,3-5,8,12,15-17H2,1-2H3/b11-10+/t21-,22-,23+,24-,25+/m0/s1. The van der Waals surface area contributed by atoms with Gasteiger partial charge in [-0.25, -0.2) is 0 Å². The zero-order chi connectivity index (χ0) is 19.9. The Kier molecular flexibility index (Phi) is 7.90. The maximum atomic E-state index is 10.5. The van der Waals surface area contributed by atoms with E-state index in [2.05, 4.69) is 42.6 Å². The van der Waals surface area contributed by atoms with E-state index in [1.807, 2.05) is 19.2 Å². The van der Waals surface area contributed by atoms with Crippen LogP contribution in [0.2, 0.25) is 0 Å². The first-order chi connectivity index (χ1) is 13.6. The summed E-state index contributed by atoms with van der Waals surface area (Å²) in [6.07, 6.45) is 13.3. The third-order valence-electron chi connectivity index (χ3n) is 6.46. The molecule has 0 saturated heterocycles. The maximum absolute atomic E-state index is 10.5. The van der Waals surface area contributed by atoms with Crippen LogP contribution in [0, 0.1) is 24.7 Å². The molecule has 3 N–H and O–H groups in total. The molecule has 0 spiro atoms. The molecule has 0 bridgehead atoms. The largest absolute Gasteiger partial charge is 0.392 e. The van der Waals surface area contributed by atoms with Crippen molar-refractivity contribution in [1.29, 1.82) is 0 Å². The Morgan fingerprint density at radius 3 is 2.89 bits per heavy atom. The summed E-state index contributed by atoms with van der Waals surface area (Å²) >= 11 is 0. The molecule has 3 nitrogen and oxygen atoms in total. The summed E-state index contributed by atoms with van der Waals surface area (Å²) in [4.78, 5) is 0. The van der Waals surface area contributed by atoms with Gasteiger partial charge in [0.05, 0.1) is 12.2 Å².